The van der Waals surface area contributed by atoms with Crippen LogP contribution in [0.3, 0.4) is 0 Å². The molecule has 0 aromatic heterocycles. The van der Waals surface area contributed by atoms with E-state index in [0.717, 1.165) is 0 Å². The molecule has 20 heavy (non-hydrogen) atoms. The Morgan fingerprint density at radius 1 is 1.40 bits per heavy atom. The van der Waals surface area contributed by atoms with Gasteiger partial charge in [0.15, 0.2) is 23.1 Å². The molecular weight excluding hydrogens is 269 g/mol. The lowest BCUT2D eigenvalue weighted by Crippen LogP contribution is -2.21. The molecule has 108 valence electrons. The lowest BCUT2D eigenvalue weighted by molar-refractivity contribution is -0.141. The number of carboxylic acid groups (broad SMARTS) is 1. The SMILES string of the molecule is O=C(O)C1CNC(c2c(F)c(O)cc3c2OCCO3)C1. The lowest BCUT2D eigenvalue weighted by atomic mass is 9.98. The quantitative estimate of drug-likeness (QED) is 0.751. The third kappa shape index (κ3) is 2.03. The second-order valence-corrected chi connectivity index (χ2v) is 4.88. The number of ether oxygens (including phenoxy) is 2. The molecule has 0 aliphatic carbocycles. The highest BCUT2D eigenvalue weighted by Crippen LogP contribution is 2.45. The van der Waals surface area contributed by atoms with Crippen molar-refractivity contribution in [1.82, 2.24) is 5.32 Å². The van der Waals surface area contributed by atoms with E-state index in [2.05, 4.69) is 5.32 Å². The van der Waals surface area contributed by atoms with Crippen molar-refractivity contribution in [3.05, 3.63) is 17.4 Å². The second kappa shape index (κ2) is 4.82. The van der Waals surface area contributed by atoms with E-state index < -0.39 is 29.5 Å². The van der Waals surface area contributed by atoms with Gasteiger partial charge in [0.2, 0.25) is 0 Å². The Hall–Kier alpha value is -2.02. The minimum Gasteiger partial charge on any atom is -0.505 e. The normalized spacial score (nSPS) is 24.6. The number of carboxylic acids is 1. The van der Waals surface area contributed by atoms with Crippen LogP contribution in [0.4, 0.5) is 4.39 Å². The van der Waals surface area contributed by atoms with E-state index in [1.165, 1.54) is 6.07 Å². The number of hydrogen-bond acceptors (Lipinski definition) is 5. The standard InChI is InChI=1S/C13H14FNO5/c14-11-8(16)4-9-12(20-2-1-19-9)10(11)7-3-6(5-15-7)13(17)18/h4,6-7,15-16H,1-3,5H2,(H,17,18). The van der Waals surface area contributed by atoms with E-state index in [-0.39, 0.29) is 30.0 Å². The fraction of sp³-hybridized carbons (Fsp3) is 0.462. The van der Waals surface area contributed by atoms with Gasteiger partial charge in [0, 0.05) is 18.7 Å². The second-order valence-electron chi connectivity index (χ2n) is 4.88. The number of carbonyl (C=O) groups is 1. The van der Waals surface area contributed by atoms with E-state index >= 15 is 0 Å². The highest BCUT2D eigenvalue weighted by atomic mass is 19.1. The summed E-state index contributed by atoms with van der Waals surface area (Å²) in [5.41, 5.74) is 0.142. The Kier molecular flexibility index (Phi) is 3.13. The number of aliphatic carboxylic acids is 1. The smallest absolute Gasteiger partial charge is 0.307 e. The van der Waals surface area contributed by atoms with Gasteiger partial charge in [0.25, 0.3) is 0 Å². The van der Waals surface area contributed by atoms with E-state index in [1.807, 2.05) is 0 Å². The number of aromatic hydroxyl groups is 1. The number of phenolic OH excluding ortho intramolecular Hbond substituents is 1. The molecule has 2 aliphatic rings. The zero-order valence-corrected chi connectivity index (χ0v) is 10.6. The molecule has 0 radical (unpaired) electrons. The van der Waals surface area contributed by atoms with Crippen LogP contribution in [0.15, 0.2) is 6.07 Å². The summed E-state index contributed by atoms with van der Waals surface area (Å²) in [5.74, 6) is -2.29. The van der Waals surface area contributed by atoms with E-state index in [4.69, 9.17) is 14.6 Å². The van der Waals surface area contributed by atoms with Crippen molar-refractivity contribution < 1.29 is 28.9 Å². The molecule has 1 fully saturated rings. The Bertz CT molecular complexity index is 562. The maximum atomic E-state index is 14.2. The number of hydrogen-bond donors (Lipinski definition) is 3. The summed E-state index contributed by atoms with van der Waals surface area (Å²) in [6.45, 7) is 0.872. The first-order valence-electron chi connectivity index (χ1n) is 6.35. The molecule has 1 aromatic carbocycles. The van der Waals surface area contributed by atoms with E-state index in [9.17, 15) is 14.3 Å². The summed E-state index contributed by atoms with van der Waals surface area (Å²) < 4.78 is 25.0. The van der Waals surface area contributed by atoms with Crippen LogP contribution in [-0.2, 0) is 4.79 Å². The molecule has 0 amide bonds. The topological polar surface area (TPSA) is 88.0 Å². The molecule has 2 heterocycles. The number of nitrogens with one attached hydrogen (secondary N) is 1. The number of phenols is 1. The van der Waals surface area contributed by atoms with Crippen molar-refractivity contribution in [2.24, 2.45) is 5.92 Å². The average Bonchev–Trinajstić information content (AvgIpc) is 2.90. The molecule has 2 atom stereocenters. The van der Waals surface area contributed by atoms with Gasteiger partial charge in [-0.2, -0.15) is 0 Å². The van der Waals surface area contributed by atoms with E-state index in [1.54, 1.807) is 0 Å². The highest BCUT2D eigenvalue weighted by Gasteiger charge is 2.36. The zero-order valence-electron chi connectivity index (χ0n) is 10.6. The molecule has 0 bridgehead atoms. The fourth-order valence-electron chi connectivity index (χ4n) is 2.63. The number of fused-ring (bicyclic) bond motifs is 1. The van der Waals surface area contributed by atoms with Crippen molar-refractivity contribution in [3.63, 3.8) is 0 Å². The first-order chi connectivity index (χ1) is 9.58. The third-order valence-corrected chi connectivity index (χ3v) is 3.61. The van der Waals surface area contributed by atoms with Gasteiger partial charge >= 0.3 is 5.97 Å². The first-order valence-corrected chi connectivity index (χ1v) is 6.35. The maximum absolute atomic E-state index is 14.2. The van der Waals surface area contributed by atoms with Crippen molar-refractivity contribution in [3.8, 4) is 17.2 Å². The van der Waals surface area contributed by atoms with Crippen molar-refractivity contribution >= 4 is 5.97 Å². The van der Waals surface area contributed by atoms with Crippen LogP contribution in [0.1, 0.15) is 18.0 Å². The van der Waals surface area contributed by atoms with Gasteiger partial charge in [0.05, 0.1) is 11.5 Å². The largest absolute Gasteiger partial charge is 0.505 e. The molecule has 2 unspecified atom stereocenters. The van der Waals surface area contributed by atoms with Gasteiger partial charge in [-0.05, 0) is 6.42 Å². The molecule has 1 aromatic rings. The van der Waals surface area contributed by atoms with Gasteiger partial charge in [-0.15, -0.1) is 0 Å². The number of halogens is 1. The minimum absolute atomic E-state index is 0.142. The van der Waals surface area contributed by atoms with Crippen LogP contribution in [0.25, 0.3) is 0 Å². The van der Waals surface area contributed by atoms with Gasteiger partial charge < -0.3 is 25.0 Å². The fourth-order valence-corrected chi connectivity index (χ4v) is 2.63. The Labute approximate surface area is 114 Å². The molecule has 0 saturated carbocycles. The molecule has 0 spiro atoms. The van der Waals surface area contributed by atoms with Crippen molar-refractivity contribution in [2.75, 3.05) is 19.8 Å². The summed E-state index contributed by atoms with van der Waals surface area (Å²) in [7, 11) is 0. The average molecular weight is 283 g/mol. The van der Waals surface area contributed by atoms with Crippen LogP contribution < -0.4 is 14.8 Å². The van der Waals surface area contributed by atoms with Crippen LogP contribution in [0.2, 0.25) is 0 Å². The van der Waals surface area contributed by atoms with Crippen molar-refractivity contribution in [1.29, 1.82) is 0 Å². The van der Waals surface area contributed by atoms with Gasteiger partial charge in [-0.25, -0.2) is 4.39 Å². The molecule has 3 rings (SSSR count). The number of rotatable bonds is 2. The summed E-state index contributed by atoms with van der Waals surface area (Å²) in [6, 6.07) is 0.662. The van der Waals surface area contributed by atoms with Crippen molar-refractivity contribution in [2.45, 2.75) is 12.5 Å². The molecular formula is C13H14FNO5. The van der Waals surface area contributed by atoms with Crippen LogP contribution >= 0.6 is 0 Å². The monoisotopic (exact) mass is 283 g/mol. The summed E-state index contributed by atoms with van der Waals surface area (Å²) in [6.07, 6.45) is 0.242. The molecule has 2 aliphatic heterocycles. The summed E-state index contributed by atoms with van der Waals surface area (Å²) in [5, 5.41) is 21.6. The molecule has 3 N–H and O–H groups in total. The van der Waals surface area contributed by atoms with E-state index in [0.29, 0.717) is 13.2 Å². The van der Waals surface area contributed by atoms with Crippen LogP contribution in [0, 0.1) is 11.7 Å². The molecule has 7 heteroatoms. The Morgan fingerprint density at radius 3 is 2.85 bits per heavy atom. The first kappa shape index (κ1) is 13.0. The predicted octanol–water partition coefficient (Wildman–Crippen LogP) is 1.04. The minimum atomic E-state index is -0.924. The predicted molar refractivity (Wildman–Crippen MR) is 65.5 cm³/mol. The highest BCUT2D eigenvalue weighted by molar-refractivity contribution is 5.71. The van der Waals surface area contributed by atoms with Gasteiger partial charge in [-0.3, -0.25) is 4.79 Å². The number of benzene rings is 1. The van der Waals surface area contributed by atoms with Crippen LogP contribution in [-0.4, -0.2) is 35.9 Å². The van der Waals surface area contributed by atoms with Crippen LogP contribution in [0.5, 0.6) is 17.2 Å². The maximum Gasteiger partial charge on any atom is 0.307 e. The Morgan fingerprint density at radius 2 is 2.15 bits per heavy atom. The lowest BCUT2D eigenvalue weighted by Gasteiger charge is -2.24. The third-order valence-electron chi connectivity index (χ3n) is 3.61. The Balaban J connectivity index is 2.00. The summed E-state index contributed by atoms with van der Waals surface area (Å²) in [4.78, 5) is 11.0. The van der Waals surface area contributed by atoms with Gasteiger partial charge in [-0.1, -0.05) is 0 Å². The van der Waals surface area contributed by atoms with Gasteiger partial charge in [0.1, 0.15) is 13.2 Å². The summed E-state index contributed by atoms with van der Waals surface area (Å²) >= 11 is 0. The zero-order chi connectivity index (χ0) is 14.3. The molecule has 6 nitrogen and oxygen atoms in total. The molecule has 1 saturated heterocycles.